The monoisotopic (exact) mass is 430 g/mol. The predicted molar refractivity (Wildman–Crippen MR) is 118 cm³/mol. The van der Waals surface area contributed by atoms with Gasteiger partial charge in [-0.3, -0.25) is 0 Å². The molecule has 1 unspecified atom stereocenters. The Bertz CT molecular complexity index is 1220. The molecule has 0 spiro atoms. The summed E-state index contributed by atoms with van der Waals surface area (Å²) in [6, 6.07) is 20.6. The fraction of sp³-hybridized carbons (Fsp3) is 0.0833. The molecule has 3 aromatic carbocycles. The van der Waals surface area contributed by atoms with Gasteiger partial charge in [-0.25, -0.2) is 0 Å². The second-order valence-corrected chi connectivity index (χ2v) is 8.17. The highest BCUT2D eigenvalue weighted by Gasteiger charge is 2.23. The first-order valence-electron chi connectivity index (χ1n) is 9.23. The van der Waals surface area contributed by atoms with E-state index < -0.39 is 0 Å². The van der Waals surface area contributed by atoms with E-state index in [0.29, 0.717) is 0 Å². The second kappa shape index (κ2) is 6.57. The Kier molecular flexibility index (Phi) is 4.02. The molecule has 0 saturated carbocycles. The number of hydrogen-bond acceptors (Lipinski definition) is 1. The Morgan fingerprint density at radius 2 is 1.39 bits per heavy atom. The van der Waals surface area contributed by atoms with Crippen LogP contribution in [0.4, 0.5) is 0 Å². The van der Waals surface area contributed by atoms with Crippen LogP contribution in [-0.4, -0.2) is 15.1 Å². The van der Waals surface area contributed by atoms with E-state index in [2.05, 4.69) is 87.7 Å². The molecule has 0 aliphatic heterocycles. The van der Waals surface area contributed by atoms with Gasteiger partial charge in [0.2, 0.25) is 0 Å². The van der Waals surface area contributed by atoms with Crippen LogP contribution in [-0.2, 0) is 0 Å². The van der Waals surface area contributed by atoms with E-state index in [0.717, 1.165) is 20.9 Å². The molecule has 0 amide bonds. The largest absolute Gasteiger partial charge is 0.508 e. The van der Waals surface area contributed by atoms with Gasteiger partial charge in [-0.2, -0.15) is 0 Å². The maximum absolute atomic E-state index is 9.85. The number of phenols is 1. The van der Waals surface area contributed by atoms with Gasteiger partial charge in [0.1, 0.15) is 5.75 Å². The molecule has 2 heterocycles. The number of aromatic nitrogens is 2. The quantitative estimate of drug-likeness (QED) is 0.296. The van der Waals surface area contributed by atoms with Gasteiger partial charge in [0, 0.05) is 50.7 Å². The summed E-state index contributed by atoms with van der Waals surface area (Å²) in [5.74, 6) is 0.339. The SMILES string of the molecule is Cc1ccc2c(C(c3ccc(Br)cc3)c3c[nH]c4cc(O)ccc34)c[nH]c2c1. The summed E-state index contributed by atoms with van der Waals surface area (Å²) >= 11 is 3.55. The molecular weight excluding hydrogens is 412 g/mol. The van der Waals surface area contributed by atoms with Crippen molar-refractivity contribution in [3.63, 3.8) is 0 Å². The summed E-state index contributed by atoms with van der Waals surface area (Å²) in [5.41, 5.74) is 6.98. The van der Waals surface area contributed by atoms with Crippen molar-refractivity contribution in [2.45, 2.75) is 12.8 Å². The highest BCUT2D eigenvalue weighted by molar-refractivity contribution is 9.10. The minimum atomic E-state index is 0.0721. The fourth-order valence-electron chi connectivity index (χ4n) is 4.06. The molecule has 0 radical (unpaired) electrons. The van der Waals surface area contributed by atoms with E-state index in [1.807, 2.05) is 6.07 Å². The van der Waals surface area contributed by atoms with Gasteiger partial charge < -0.3 is 15.1 Å². The van der Waals surface area contributed by atoms with Gasteiger partial charge in [-0.15, -0.1) is 0 Å². The molecule has 3 N–H and O–H groups in total. The van der Waals surface area contributed by atoms with Gasteiger partial charge >= 0.3 is 0 Å². The molecule has 0 fully saturated rings. The number of fused-ring (bicyclic) bond motifs is 2. The average Bonchev–Trinajstić information content (AvgIpc) is 3.28. The molecule has 0 aliphatic carbocycles. The highest BCUT2D eigenvalue weighted by Crippen LogP contribution is 2.40. The van der Waals surface area contributed by atoms with Gasteiger partial charge in [0.15, 0.2) is 0 Å². The number of benzene rings is 3. The number of rotatable bonds is 3. The van der Waals surface area contributed by atoms with Crippen molar-refractivity contribution in [2.24, 2.45) is 0 Å². The Hall–Kier alpha value is -2.98. The Morgan fingerprint density at radius 3 is 2.07 bits per heavy atom. The predicted octanol–water partition coefficient (Wildman–Crippen LogP) is 6.61. The average molecular weight is 431 g/mol. The number of aromatic amines is 2. The van der Waals surface area contributed by atoms with Crippen molar-refractivity contribution in [1.82, 2.24) is 9.97 Å². The first-order valence-corrected chi connectivity index (χ1v) is 10.0. The molecule has 0 aliphatic rings. The van der Waals surface area contributed by atoms with Gasteiger partial charge in [-0.05, 0) is 59.5 Å². The molecule has 5 rings (SSSR count). The van der Waals surface area contributed by atoms with Crippen LogP contribution in [0.5, 0.6) is 5.75 Å². The van der Waals surface area contributed by atoms with E-state index in [1.54, 1.807) is 12.1 Å². The Balaban J connectivity index is 1.78. The van der Waals surface area contributed by atoms with Crippen LogP contribution in [0.2, 0.25) is 0 Å². The number of hydrogen-bond donors (Lipinski definition) is 3. The van der Waals surface area contributed by atoms with Gasteiger partial charge in [-0.1, -0.05) is 40.2 Å². The van der Waals surface area contributed by atoms with Crippen LogP contribution < -0.4 is 0 Å². The first-order chi connectivity index (χ1) is 13.6. The molecular formula is C24H19BrN2O. The van der Waals surface area contributed by atoms with E-state index in [9.17, 15) is 5.11 Å². The number of phenolic OH excluding ortho intramolecular Hbond substituents is 1. The Morgan fingerprint density at radius 1 is 0.786 bits per heavy atom. The van der Waals surface area contributed by atoms with Gasteiger partial charge in [0.05, 0.1) is 0 Å². The molecule has 5 aromatic rings. The van der Waals surface area contributed by atoms with Crippen molar-refractivity contribution in [2.75, 3.05) is 0 Å². The lowest BCUT2D eigenvalue weighted by Gasteiger charge is -2.17. The van der Waals surface area contributed by atoms with Crippen LogP contribution in [0.3, 0.4) is 0 Å². The third-order valence-corrected chi connectivity index (χ3v) is 5.92. The van der Waals surface area contributed by atoms with E-state index >= 15 is 0 Å². The molecule has 3 nitrogen and oxygen atoms in total. The third-order valence-electron chi connectivity index (χ3n) is 5.39. The smallest absolute Gasteiger partial charge is 0.117 e. The number of nitrogens with one attached hydrogen (secondary N) is 2. The molecule has 1 atom stereocenters. The lowest BCUT2D eigenvalue weighted by Crippen LogP contribution is -2.02. The zero-order valence-electron chi connectivity index (χ0n) is 15.3. The summed E-state index contributed by atoms with van der Waals surface area (Å²) in [7, 11) is 0. The summed E-state index contributed by atoms with van der Waals surface area (Å²) in [5, 5.41) is 12.2. The molecule has 28 heavy (non-hydrogen) atoms. The van der Waals surface area contributed by atoms with Gasteiger partial charge in [0.25, 0.3) is 0 Å². The van der Waals surface area contributed by atoms with E-state index in [1.165, 1.54) is 27.6 Å². The molecule has 0 bridgehead atoms. The number of aryl methyl sites for hydroxylation is 1. The van der Waals surface area contributed by atoms with Crippen LogP contribution in [0.25, 0.3) is 21.8 Å². The lowest BCUT2D eigenvalue weighted by molar-refractivity contribution is 0.476. The molecule has 4 heteroatoms. The maximum atomic E-state index is 9.85. The number of aromatic hydroxyl groups is 1. The van der Waals surface area contributed by atoms with Crippen LogP contribution in [0.1, 0.15) is 28.2 Å². The normalized spacial score (nSPS) is 12.6. The molecule has 138 valence electrons. The van der Waals surface area contributed by atoms with Crippen molar-refractivity contribution < 1.29 is 5.11 Å². The number of H-pyrrole nitrogens is 2. The summed E-state index contributed by atoms with van der Waals surface area (Å²) in [6.45, 7) is 2.11. The first kappa shape index (κ1) is 17.1. The third kappa shape index (κ3) is 2.81. The molecule has 2 aromatic heterocycles. The standard InChI is InChI=1S/C24H19BrN2O/c1-14-2-8-18-20(12-26-22(18)10-14)24(15-3-5-16(25)6-4-15)21-13-27-23-11-17(28)7-9-19(21)23/h2-13,24,26-28H,1H3. The minimum Gasteiger partial charge on any atom is -0.508 e. The topological polar surface area (TPSA) is 51.8 Å². The summed E-state index contributed by atoms with van der Waals surface area (Å²) in [6.07, 6.45) is 4.18. The summed E-state index contributed by atoms with van der Waals surface area (Å²) < 4.78 is 1.06. The fourth-order valence-corrected chi connectivity index (χ4v) is 4.32. The van der Waals surface area contributed by atoms with Crippen LogP contribution >= 0.6 is 15.9 Å². The molecule has 0 saturated heterocycles. The zero-order chi connectivity index (χ0) is 19.3. The highest BCUT2D eigenvalue weighted by atomic mass is 79.9. The van der Waals surface area contributed by atoms with E-state index in [4.69, 9.17) is 0 Å². The second-order valence-electron chi connectivity index (χ2n) is 7.25. The van der Waals surface area contributed by atoms with Crippen molar-refractivity contribution >= 4 is 37.7 Å². The maximum Gasteiger partial charge on any atom is 0.117 e. The summed E-state index contributed by atoms with van der Waals surface area (Å²) in [4.78, 5) is 6.78. The minimum absolute atomic E-state index is 0.0721. The van der Waals surface area contributed by atoms with Crippen molar-refractivity contribution in [3.05, 3.63) is 99.8 Å². The number of halogens is 1. The van der Waals surface area contributed by atoms with Crippen molar-refractivity contribution in [3.8, 4) is 5.75 Å². The van der Waals surface area contributed by atoms with Crippen LogP contribution in [0, 0.1) is 6.92 Å². The van der Waals surface area contributed by atoms with E-state index in [-0.39, 0.29) is 11.7 Å². The lowest BCUT2D eigenvalue weighted by atomic mass is 9.85. The van der Waals surface area contributed by atoms with Crippen LogP contribution in [0.15, 0.2) is 77.5 Å². The van der Waals surface area contributed by atoms with Crippen molar-refractivity contribution in [1.29, 1.82) is 0 Å². The Labute approximate surface area is 171 Å². The zero-order valence-corrected chi connectivity index (χ0v) is 16.9.